The van der Waals surface area contributed by atoms with Crippen molar-refractivity contribution in [1.29, 1.82) is 0 Å². The highest BCUT2D eigenvalue weighted by atomic mass is 19.1. The molecule has 0 bridgehead atoms. The molecule has 0 spiro atoms. The van der Waals surface area contributed by atoms with Crippen molar-refractivity contribution in [3.63, 3.8) is 0 Å². The van der Waals surface area contributed by atoms with E-state index < -0.39 is 29.8 Å². The van der Waals surface area contributed by atoms with Crippen LogP contribution in [0.15, 0.2) is 66.7 Å². The molecule has 1 atom stereocenters. The van der Waals surface area contributed by atoms with Crippen LogP contribution in [-0.4, -0.2) is 35.7 Å². The largest absolute Gasteiger partial charge is 0.478 e. The van der Waals surface area contributed by atoms with Crippen molar-refractivity contribution in [2.24, 2.45) is 0 Å². The van der Waals surface area contributed by atoms with E-state index in [2.05, 4.69) is 10.6 Å². The number of carboxylic acids is 1. The van der Waals surface area contributed by atoms with Crippen molar-refractivity contribution in [3.05, 3.63) is 89.2 Å². The summed E-state index contributed by atoms with van der Waals surface area (Å²) in [6.45, 7) is 1.93. The quantitative estimate of drug-likeness (QED) is 0.416. The first-order valence-electron chi connectivity index (χ1n) is 11.3. The predicted octanol–water partition coefficient (Wildman–Crippen LogP) is 5.17. The molecule has 35 heavy (non-hydrogen) atoms. The SMILES string of the molecule is CCC[C@H](NC(=O)OCC1c2ccccc2-c2ccccc21)C(=O)Nc1cc(C(=O)O)ccc1F. The van der Waals surface area contributed by atoms with E-state index in [1.807, 2.05) is 55.5 Å². The number of amides is 2. The van der Waals surface area contributed by atoms with Gasteiger partial charge in [-0.1, -0.05) is 61.9 Å². The molecule has 0 radical (unpaired) electrons. The number of hydrogen-bond acceptors (Lipinski definition) is 4. The van der Waals surface area contributed by atoms with Gasteiger partial charge in [0, 0.05) is 5.92 Å². The highest BCUT2D eigenvalue weighted by Gasteiger charge is 2.30. The Morgan fingerprint density at radius 1 is 1.00 bits per heavy atom. The molecule has 3 N–H and O–H groups in total. The number of nitrogens with one attached hydrogen (secondary N) is 2. The number of anilines is 1. The van der Waals surface area contributed by atoms with Gasteiger partial charge in [-0.3, -0.25) is 4.79 Å². The van der Waals surface area contributed by atoms with Crippen LogP contribution >= 0.6 is 0 Å². The summed E-state index contributed by atoms with van der Waals surface area (Å²) in [5.74, 6) is -2.82. The molecule has 180 valence electrons. The van der Waals surface area contributed by atoms with Crippen molar-refractivity contribution in [2.45, 2.75) is 31.7 Å². The van der Waals surface area contributed by atoms with Gasteiger partial charge in [0.2, 0.25) is 5.91 Å². The molecule has 7 nitrogen and oxygen atoms in total. The average Bonchev–Trinajstić information content (AvgIpc) is 3.17. The summed E-state index contributed by atoms with van der Waals surface area (Å²) >= 11 is 0. The molecular weight excluding hydrogens is 451 g/mol. The normalized spacial score (nSPS) is 12.9. The third kappa shape index (κ3) is 5.16. The predicted molar refractivity (Wildman–Crippen MR) is 129 cm³/mol. The fourth-order valence-corrected chi connectivity index (χ4v) is 4.31. The van der Waals surface area contributed by atoms with Gasteiger partial charge in [0.05, 0.1) is 11.3 Å². The molecule has 0 unspecified atom stereocenters. The number of hydrogen-bond donors (Lipinski definition) is 3. The minimum atomic E-state index is -1.25. The molecule has 0 aliphatic heterocycles. The van der Waals surface area contributed by atoms with Crippen LogP contribution in [0.1, 0.15) is 47.2 Å². The molecule has 2 amide bonds. The van der Waals surface area contributed by atoms with Gasteiger partial charge in [-0.2, -0.15) is 0 Å². The summed E-state index contributed by atoms with van der Waals surface area (Å²) in [6.07, 6.45) is 0.0931. The lowest BCUT2D eigenvalue weighted by atomic mass is 9.98. The first-order valence-corrected chi connectivity index (χ1v) is 11.3. The second-order valence-electron chi connectivity index (χ2n) is 8.30. The zero-order chi connectivity index (χ0) is 24.9. The van der Waals surface area contributed by atoms with Crippen LogP contribution in [0, 0.1) is 5.82 Å². The molecule has 3 aromatic rings. The Labute approximate surface area is 201 Å². The molecule has 1 aliphatic carbocycles. The third-order valence-corrected chi connectivity index (χ3v) is 6.00. The maximum absolute atomic E-state index is 14.1. The smallest absolute Gasteiger partial charge is 0.407 e. The van der Waals surface area contributed by atoms with Gasteiger partial charge < -0.3 is 20.5 Å². The number of rotatable bonds is 8. The van der Waals surface area contributed by atoms with E-state index in [9.17, 15) is 18.8 Å². The monoisotopic (exact) mass is 476 g/mol. The summed E-state index contributed by atoms with van der Waals surface area (Å²) in [5, 5.41) is 14.0. The highest BCUT2D eigenvalue weighted by Crippen LogP contribution is 2.44. The maximum Gasteiger partial charge on any atom is 0.407 e. The molecule has 8 heteroatoms. The van der Waals surface area contributed by atoms with Crippen molar-refractivity contribution in [1.82, 2.24) is 5.32 Å². The minimum absolute atomic E-state index is 0.0929. The first-order chi connectivity index (χ1) is 16.9. The number of carbonyl (C=O) groups excluding carboxylic acids is 2. The lowest BCUT2D eigenvalue weighted by Crippen LogP contribution is -2.44. The third-order valence-electron chi connectivity index (χ3n) is 6.00. The summed E-state index contributed by atoms with van der Waals surface area (Å²) in [6, 6.07) is 18.0. The Morgan fingerprint density at radius 2 is 1.63 bits per heavy atom. The van der Waals surface area contributed by atoms with Crippen LogP contribution in [0.2, 0.25) is 0 Å². The first kappa shape index (κ1) is 23.9. The van der Waals surface area contributed by atoms with E-state index in [1.54, 1.807) is 0 Å². The van der Waals surface area contributed by atoms with Gasteiger partial charge in [0.25, 0.3) is 0 Å². The number of ether oxygens (including phenoxy) is 1. The van der Waals surface area contributed by atoms with E-state index in [1.165, 1.54) is 0 Å². The summed E-state index contributed by atoms with van der Waals surface area (Å²) in [7, 11) is 0. The van der Waals surface area contributed by atoms with Crippen LogP contribution in [0.4, 0.5) is 14.9 Å². The van der Waals surface area contributed by atoms with Gasteiger partial charge >= 0.3 is 12.1 Å². The van der Waals surface area contributed by atoms with E-state index in [0.717, 1.165) is 40.5 Å². The Balaban J connectivity index is 1.42. The fraction of sp³-hybridized carbons (Fsp3) is 0.222. The molecule has 0 aromatic heterocycles. The Morgan fingerprint density at radius 3 is 2.23 bits per heavy atom. The summed E-state index contributed by atoms with van der Waals surface area (Å²) in [4.78, 5) is 36.5. The van der Waals surface area contributed by atoms with Crippen LogP contribution in [0.25, 0.3) is 11.1 Å². The maximum atomic E-state index is 14.1. The van der Waals surface area contributed by atoms with E-state index in [4.69, 9.17) is 9.84 Å². The Kier molecular flexibility index (Phi) is 7.10. The van der Waals surface area contributed by atoms with Crippen molar-refractivity contribution in [2.75, 3.05) is 11.9 Å². The van der Waals surface area contributed by atoms with Gasteiger partial charge in [0.1, 0.15) is 18.5 Å². The number of alkyl carbamates (subject to hydrolysis) is 1. The topological polar surface area (TPSA) is 105 Å². The number of carbonyl (C=O) groups is 3. The molecule has 0 saturated carbocycles. The van der Waals surface area contributed by atoms with Crippen molar-refractivity contribution in [3.8, 4) is 11.1 Å². The van der Waals surface area contributed by atoms with Gasteiger partial charge in [-0.15, -0.1) is 0 Å². The van der Waals surface area contributed by atoms with Gasteiger partial charge in [-0.25, -0.2) is 14.0 Å². The van der Waals surface area contributed by atoms with Crippen LogP contribution in [0.5, 0.6) is 0 Å². The number of benzene rings is 3. The zero-order valence-electron chi connectivity index (χ0n) is 19.1. The summed E-state index contributed by atoms with van der Waals surface area (Å²) < 4.78 is 19.6. The standard InChI is InChI=1S/C27H25FN2O5/c1-2-7-23(25(31)29-24-14-16(26(32)33)12-13-22(24)28)30-27(34)35-15-21-19-10-5-3-8-17(19)18-9-4-6-11-20(18)21/h3-6,8-14,21,23H,2,7,15H2,1H3,(H,29,31)(H,30,34)(H,32,33)/t23-/m0/s1. The molecule has 0 heterocycles. The summed E-state index contributed by atoms with van der Waals surface area (Å²) in [5.41, 5.74) is 3.90. The Hall–Kier alpha value is -4.20. The highest BCUT2D eigenvalue weighted by molar-refractivity contribution is 5.98. The van der Waals surface area contributed by atoms with Gasteiger partial charge in [-0.05, 0) is 46.9 Å². The molecular formula is C27H25FN2O5. The second-order valence-corrected chi connectivity index (χ2v) is 8.30. The van der Waals surface area contributed by atoms with Crippen molar-refractivity contribution < 1.29 is 28.6 Å². The van der Waals surface area contributed by atoms with Crippen LogP contribution < -0.4 is 10.6 Å². The molecule has 0 saturated heterocycles. The average molecular weight is 477 g/mol. The minimum Gasteiger partial charge on any atom is -0.478 e. The number of aromatic carboxylic acids is 1. The lowest BCUT2D eigenvalue weighted by molar-refractivity contribution is -0.118. The van der Waals surface area contributed by atoms with Gasteiger partial charge in [0.15, 0.2) is 0 Å². The van der Waals surface area contributed by atoms with E-state index >= 15 is 0 Å². The molecule has 0 fully saturated rings. The van der Waals surface area contributed by atoms with E-state index in [-0.39, 0.29) is 30.2 Å². The molecule has 1 aliphatic rings. The van der Waals surface area contributed by atoms with Crippen LogP contribution in [-0.2, 0) is 9.53 Å². The zero-order valence-corrected chi connectivity index (χ0v) is 19.1. The lowest BCUT2D eigenvalue weighted by Gasteiger charge is -2.19. The molecule has 3 aromatic carbocycles. The van der Waals surface area contributed by atoms with Crippen molar-refractivity contribution >= 4 is 23.7 Å². The number of carboxylic acid groups (broad SMARTS) is 1. The fourth-order valence-electron chi connectivity index (χ4n) is 4.31. The Bertz CT molecular complexity index is 1230. The number of halogens is 1. The molecule has 4 rings (SSSR count). The van der Waals surface area contributed by atoms with Crippen LogP contribution in [0.3, 0.4) is 0 Å². The number of fused-ring (bicyclic) bond motifs is 3. The van der Waals surface area contributed by atoms with E-state index in [0.29, 0.717) is 6.42 Å². The second kappa shape index (κ2) is 10.4.